The molecular formula is C6H7BrN2O. The summed E-state index contributed by atoms with van der Waals surface area (Å²) in [5.74, 6) is 0. The summed E-state index contributed by atoms with van der Waals surface area (Å²) < 4.78 is 0.788. The smallest absolute Gasteiger partial charge is 0.268 e. The molecule has 0 atom stereocenters. The molecule has 1 heterocycles. The molecule has 0 aliphatic carbocycles. The van der Waals surface area contributed by atoms with Crippen LogP contribution in [0.15, 0.2) is 9.27 Å². The Morgan fingerprint density at radius 1 is 1.50 bits per heavy atom. The molecule has 1 N–H and O–H groups in total. The molecule has 0 aliphatic heterocycles. The molecule has 1 aromatic heterocycles. The van der Waals surface area contributed by atoms with Crippen molar-refractivity contribution in [3.8, 4) is 0 Å². The molecular weight excluding hydrogens is 196 g/mol. The number of H-pyrrole nitrogens is 1. The molecule has 10 heavy (non-hydrogen) atoms. The topological polar surface area (TPSA) is 45.8 Å². The highest BCUT2D eigenvalue weighted by atomic mass is 79.9. The van der Waals surface area contributed by atoms with E-state index >= 15 is 0 Å². The highest BCUT2D eigenvalue weighted by Crippen LogP contribution is 2.13. The minimum Gasteiger partial charge on any atom is -0.268 e. The van der Waals surface area contributed by atoms with E-state index in [1.807, 2.05) is 6.92 Å². The Bertz CT molecular complexity index is 305. The van der Waals surface area contributed by atoms with E-state index < -0.39 is 0 Å². The fraction of sp³-hybridized carbons (Fsp3) is 0.333. The van der Waals surface area contributed by atoms with E-state index in [0.29, 0.717) is 5.56 Å². The zero-order valence-corrected chi connectivity index (χ0v) is 7.32. The van der Waals surface area contributed by atoms with E-state index in [1.54, 1.807) is 6.92 Å². The number of nitrogens with zero attached hydrogens (tertiary/aromatic N) is 1. The average Bonchev–Trinajstić information content (AvgIpc) is 1.93. The van der Waals surface area contributed by atoms with Crippen LogP contribution in [-0.2, 0) is 0 Å². The van der Waals surface area contributed by atoms with Crippen molar-refractivity contribution in [3.63, 3.8) is 0 Å². The van der Waals surface area contributed by atoms with Crippen LogP contribution in [0.25, 0.3) is 0 Å². The van der Waals surface area contributed by atoms with Gasteiger partial charge in [0.25, 0.3) is 5.56 Å². The van der Waals surface area contributed by atoms with Crippen LogP contribution in [0.4, 0.5) is 0 Å². The highest BCUT2D eigenvalue weighted by Gasteiger charge is 2.01. The number of hydrogen-bond acceptors (Lipinski definition) is 2. The van der Waals surface area contributed by atoms with E-state index in [1.165, 1.54) is 0 Å². The van der Waals surface area contributed by atoms with E-state index in [2.05, 4.69) is 26.1 Å². The third kappa shape index (κ3) is 1.11. The minimum absolute atomic E-state index is 0.141. The fourth-order valence-corrected chi connectivity index (χ4v) is 0.907. The summed E-state index contributed by atoms with van der Waals surface area (Å²) in [6.07, 6.45) is 0. The van der Waals surface area contributed by atoms with Crippen LogP contribution in [0.1, 0.15) is 11.3 Å². The second-order valence-corrected chi connectivity index (χ2v) is 2.87. The number of hydrogen-bond donors (Lipinski definition) is 1. The molecule has 0 amide bonds. The molecule has 54 valence electrons. The van der Waals surface area contributed by atoms with E-state index in [4.69, 9.17) is 0 Å². The van der Waals surface area contributed by atoms with Crippen LogP contribution >= 0.6 is 15.9 Å². The van der Waals surface area contributed by atoms with Gasteiger partial charge < -0.3 is 0 Å². The lowest BCUT2D eigenvalue weighted by Gasteiger charge is -1.97. The van der Waals surface area contributed by atoms with Crippen LogP contribution in [0.2, 0.25) is 0 Å². The zero-order valence-electron chi connectivity index (χ0n) is 5.73. The van der Waals surface area contributed by atoms with Crippen LogP contribution in [0.5, 0.6) is 0 Å². The molecule has 3 nitrogen and oxygen atoms in total. The SMILES string of the molecule is Cc1n[nH]c(=O)c(C)c1Br. The number of nitrogens with one attached hydrogen (secondary N) is 1. The van der Waals surface area contributed by atoms with Gasteiger partial charge in [-0.1, -0.05) is 0 Å². The lowest BCUT2D eigenvalue weighted by molar-refractivity contribution is 0.918. The van der Waals surface area contributed by atoms with Crippen molar-refractivity contribution in [3.05, 3.63) is 26.1 Å². The van der Waals surface area contributed by atoms with E-state index in [0.717, 1.165) is 10.2 Å². The van der Waals surface area contributed by atoms with Crippen LogP contribution in [0, 0.1) is 13.8 Å². The standard InChI is InChI=1S/C6H7BrN2O/c1-3-5(7)4(2)8-9-6(3)10/h1-2H3,(H,9,10). The van der Waals surface area contributed by atoms with Gasteiger partial charge in [0.15, 0.2) is 0 Å². The molecule has 0 aliphatic rings. The maximum Gasteiger partial charge on any atom is 0.268 e. The molecule has 0 radical (unpaired) electrons. The number of aromatic nitrogens is 2. The third-order valence-corrected chi connectivity index (χ3v) is 2.48. The third-order valence-electron chi connectivity index (χ3n) is 1.31. The normalized spacial score (nSPS) is 9.90. The van der Waals surface area contributed by atoms with Crippen molar-refractivity contribution in [2.45, 2.75) is 13.8 Å². The first-order chi connectivity index (χ1) is 4.63. The summed E-state index contributed by atoms with van der Waals surface area (Å²) in [5, 5.41) is 6.13. The Morgan fingerprint density at radius 2 is 2.10 bits per heavy atom. The van der Waals surface area contributed by atoms with Gasteiger partial charge in [0.05, 0.1) is 5.69 Å². The summed E-state index contributed by atoms with van der Waals surface area (Å²) in [6, 6.07) is 0. The Balaban J connectivity index is 3.49. The minimum atomic E-state index is -0.141. The zero-order chi connectivity index (χ0) is 7.72. The van der Waals surface area contributed by atoms with Crippen LogP contribution in [0.3, 0.4) is 0 Å². The number of aryl methyl sites for hydroxylation is 1. The summed E-state index contributed by atoms with van der Waals surface area (Å²) >= 11 is 3.25. The lowest BCUT2D eigenvalue weighted by Crippen LogP contribution is -2.12. The maximum atomic E-state index is 10.8. The molecule has 0 saturated carbocycles. The van der Waals surface area contributed by atoms with Gasteiger partial charge in [0, 0.05) is 10.0 Å². The van der Waals surface area contributed by atoms with Crippen molar-refractivity contribution in [2.24, 2.45) is 0 Å². The summed E-state index contributed by atoms with van der Waals surface area (Å²) in [5.41, 5.74) is 1.34. The van der Waals surface area contributed by atoms with Gasteiger partial charge in [0.1, 0.15) is 0 Å². The maximum absolute atomic E-state index is 10.8. The van der Waals surface area contributed by atoms with Crippen molar-refractivity contribution >= 4 is 15.9 Å². The Labute approximate surface area is 66.6 Å². The average molecular weight is 203 g/mol. The van der Waals surface area contributed by atoms with Gasteiger partial charge >= 0.3 is 0 Å². The largest absolute Gasteiger partial charge is 0.268 e. The summed E-state index contributed by atoms with van der Waals surface area (Å²) in [4.78, 5) is 10.8. The number of aromatic amines is 1. The van der Waals surface area contributed by atoms with E-state index in [9.17, 15) is 4.79 Å². The second-order valence-electron chi connectivity index (χ2n) is 2.08. The summed E-state index contributed by atoms with van der Waals surface area (Å²) in [6.45, 7) is 3.57. The second kappa shape index (κ2) is 2.54. The van der Waals surface area contributed by atoms with Gasteiger partial charge in [-0.05, 0) is 29.8 Å². The molecule has 0 fully saturated rings. The van der Waals surface area contributed by atoms with Gasteiger partial charge in [-0.25, -0.2) is 5.10 Å². The van der Waals surface area contributed by atoms with Crippen molar-refractivity contribution in [1.82, 2.24) is 10.2 Å². The summed E-state index contributed by atoms with van der Waals surface area (Å²) in [7, 11) is 0. The van der Waals surface area contributed by atoms with E-state index in [-0.39, 0.29) is 5.56 Å². The monoisotopic (exact) mass is 202 g/mol. The Kier molecular flexibility index (Phi) is 1.89. The highest BCUT2D eigenvalue weighted by molar-refractivity contribution is 9.10. The quantitative estimate of drug-likeness (QED) is 0.687. The molecule has 4 heteroatoms. The predicted molar refractivity (Wildman–Crippen MR) is 42.0 cm³/mol. The van der Waals surface area contributed by atoms with Crippen molar-refractivity contribution < 1.29 is 0 Å². The first kappa shape index (κ1) is 7.47. The molecule has 0 aromatic carbocycles. The van der Waals surface area contributed by atoms with Crippen LogP contribution in [-0.4, -0.2) is 10.2 Å². The number of rotatable bonds is 0. The first-order valence-corrected chi connectivity index (χ1v) is 3.63. The fourth-order valence-electron chi connectivity index (χ4n) is 0.639. The van der Waals surface area contributed by atoms with Crippen molar-refractivity contribution in [2.75, 3.05) is 0 Å². The van der Waals surface area contributed by atoms with Gasteiger partial charge in [-0.3, -0.25) is 4.79 Å². The van der Waals surface area contributed by atoms with Gasteiger partial charge in [-0.2, -0.15) is 5.10 Å². The number of halogens is 1. The molecule has 0 bridgehead atoms. The molecule has 0 unspecified atom stereocenters. The van der Waals surface area contributed by atoms with Gasteiger partial charge in [-0.15, -0.1) is 0 Å². The molecule has 1 aromatic rings. The molecule has 1 rings (SSSR count). The van der Waals surface area contributed by atoms with Gasteiger partial charge in [0.2, 0.25) is 0 Å². The molecule has 0 spiro atoms. The Morgan fingerprint density at radius 3 is 2.60 bits per heavy atom. The van der Waals surface area contributed by atoms with Crippen LogP contribution < -0.4 is 5.56 Å². The predicted octanol–water partition coefficient (Wildman–Crippen LogP) is 1.15. The first-order valence-electron chi connectivity index (χ1n) is 2.84. The lowest BCUT2D eigenvalue weighted by atomic mass is 10.3. The van der Waals surface area contributed by atoms with Crippen molar-refractivity contribution in [1.29, 1.82) is 0 Å². The Hall–Kier alpha value is -0.640. The molecule has 0 saturated heterocycles.